The number of para-hydroxylation sites is 1. The summed E-state index contributed by atoms with van der Waals surface area (Å²) in [5.41, 5.74) is -0.328. The van der Waals surface area contributed by atoms with Gasteiger partial charge in [0.15, 0.2) is 0 Å². The Morgan fingerprint density at radius 2 is 1.76 bits per heavy atom. The zero-order valence-electron chi connectivity index (χ0n) is 18.5. The minimum atomic E-state index is -2.30. The van der Waals surface area contributed by atoms with Crippen LogP contribution in [0.3, 0.4) is 0 Å². The van der Waals surface area contributed by atoms with Crippen LogP contribution in [-0.2, 0) is 17.1 Å². The fourth-order valence-corrected chi connectivity index (χ4v) is 4.24. The highest BCUT2D eigenvalue weighted by molar-refractivity contribution is 6.42. The zero-order chi connectivity index (χ0) is 24.3. The van der Waals surface area contributed by atoms with E-state index in [2.05, 4.69) is 15.5 Å². The SMILES string of the molecule is CN(CCNC(=O)[C@]1(O)c2ccccc2NC(=O)N1c1ccc(Cl)c(Cl)c1)Cc1ccccc1. The summed E-state index contributed by atoms with van der Waals surface area (Å²) in [6.45, 7) is 1.52. The topological polar surface area (TPSA) is 84.9 Å². The lowest BCUT2D eigenvalue weighted by Crippen LogP contribution is -2.63. The first kappa shape index (κ1) is 24.0. The summed E-state index contributed by atoms with van der Waals surface area (Å²) >= 11 is 12.2. The molecule has 0 aliphatic carbocycles. The van der Waals surface area contributed by atoms with Gasteiger partial charge in [-0.1, -0.05) is 71.7 Å². The average Bonchev–Trinajstić information content (AvgIpc) is 2.82. The van der Waals surface area contributed by atoms with Crippen molar-refractivity contribution >= 4 is 46.5 Å². The van der Waals surface area contributed by atoms with E-state index in [4.69, 9.17) is 23.2 Å². The maximum absolute atomic E-state index is 13.4. The molecule has 0 unspecified atom stereocenters. The molecule has 1 aliphatic rings. The Hall–Kier alpha value is -3.10. The second-order valence-corrected chi connectivity index (χ2v) is 8.88. The van der Waals surface area contributed by atoms with E-state index in [9.17, 15) is 14.7 Å². The van der Waals surface area contributed by atoms with E-state index in [1.165, 1.54) is 18.2 Å². The second kappa shape index (κ2) is 10.0. The Labute approximate surface area is 207 Å². The average molecular weight is 499 g/mol. The number of carbonyl (C=O) groups excluding carboxylic acids is 2. The number of anilines is 2. The number of fused-ring (bicyclic) bond motifs is 1. The normalized spacial score (nSPS) is 17.3. The van der Waals surface area contributed by atoms with E-state index < -0.39 is 17.7 Å². The van der Waals surface area contributed by atoms with E-state index in [-0.39, 0.29) is 27.8 Å². The summed E-state index contributed by atoms with van der Waals surface area (Å²) in [5.74, 6) is -0.728. The molecule has 1 aliphatic heterocycles. The highest BCUT2D eigenvalue weighted by atomic mass is 35.5. The molecular formula is C25H24Cl2N4O3. The van der Waals surface area contributed by atoms with Gasteiger partial charge in [0.1, 0.15) is 0 Å². The first-order valence-electron chi connectivity index (χ1n) is 10.7. The number of nitrogens with one attached hydrogen (secondary N) is 2. The fourth-order valence-electron chi connectivity index (χ4n) is 3.94. The minimum absolute atomic E-state index is 0.191. The number of hydrogen-bond acceptors (Lipinski definition) is 4. The molecule has 0 bridgehead atoms. The Balaban J connectivity index is 1.58. The number of amides is 3. The van der Waals surface area contributed by atoms with Gasteiger partial charge in [-0.15, -0.1) is 0 Å². The van der Waals surface area contributed by atoms with Crippen molar-refractivity contribution in [2.75, 3.05) is 30.4 Å². The second-order valence-electron chi connectivity index (χ2n) is 8.06. The Kier molecular flexibility index (Phi) is 7.09. The number of aliphatic hydroxyl groups is 1. The van der Waals surface area contributed by atoms with E-state index in [0.29, 0.717) is 18.8 Å². The van der Waals surface area contributed by atoms with Crippen LogP contribution in [0, 0.1) is 0 Å². The van der Waals surface area contributed by atoms with Gasteiger partial charge < -0.3 is 20.6 Å². The van der Waals surface area contributed by atoms with Crippen molar-refractivity contribution in [3.63, 3.8) is 0 Å². The van der Waals surface area contributed by atoms with E-state index in [1.807, 2.05) is 37.4 Å². The lowest BCUT2D eigenvalue weighted by atomic mass is 9.95. The van der Waals surface area contributed by atoms with Crippen molar-refractivity contribution in [2.24, 2.45) is 0 Å². The largest absolute Gasteiger partial charge is 0.359 e. The number of hydrogen-bond donors (Lipinski definition) is 3. The Morgan fingerprint density at radius 3 is 2.50 bits per heavy atom. The van der Waals surface area contributed by atoms with Gasteiger partial charge in [-0.2, -0.15) is 0 Å². The molecule has 0 spiro atoms. The van der Waals surface area contributed by atoms with Crippen LogP contribution in [0.2, 0.25) is 10.0 Å². The van der Waals surface area contributed by atoms with Crippen molar-refractivity contribution < 1.29 is 14.7 Å². The van der Waals surface area contributed by atoms with Gasteiger partial charge in [0.2, 0.25) is 0 Å². The predicted octanol–water partition coefficient (Wildman–Crippen LogP) is 4.44. The molecule has 1 heterocycles. The quantitative estimate of drug-likeness (QED) is 0.449. The van der Waals surface area contributed by atoms with Gasteiger partial charge in [-0.05, 0) is 36.9 Å². The van der Waals surface area contributed by atoms with Crippen LogP contribution in [0.5, 0.6) is 0 Å². The Bertz CT molecular complexity index is 1210. The standard InChI is InChI=1S/C25H24Cl2N4O3/c1-30(16-17-7-3-2-4-8-17)14-13-28-23(32)25(34)19-9-5-6-10-22(19)29-24(33)31(25)18-11-12-20(26)21(27)15-18/h2-12,15,34H,13-14,16H2,1H3,(H,28,32)(H,29,33)/t25-/m1/s1. The molecule has 176 valence electrons. The van der Waals surface area contributed by atoms with Crippen LogP contribution >= 0.6 is 23.2 Å². The van der Waals surface area contributed by atoms with Crippen LogP contribution in [0.15, 0.2) is 72.8 Å². The highest BCUT2D eigenvalue weighted by Crippen LogP contribution is 2.41. The molecule has 3 aromatic rings. The maximum atomic E-state index is 13.4. The van der Waals surface area contributed by atoms with Gasteiger partial charge in [-0.25, -0.2) is 4.79 Å². The molecule has 0 aromatic heterocycles. The fraction of sp³-hybridized carbons (Fsp3) is 0.200. The van der Waals surface area contributed by atoms with E-state index in [1.54, 1.807) is 24.3 Å². The predicted molar refractivity (Wildman–Crippen MR) is 134 cm³/mol. The van der Waals surface area contributed by atoms with Crippen LogP contribution in [0.1, 0.15) is 11.1 Å². The van der Waals surface area contributed by atoms with Crippen LogP contribution in [0.25, 0.3) is 0 Å². The summed E-state index contributed by atoms with van der Waals surface area (Å²) in [7, 11) is 1.94. The molecule has 7 nitrogen and oxygen atoms in total. The highest BCUT2D eigenvalue weighted by Gasteiger charge is 2.51. The molecule has 3 N–H and O–H groups in total. The number of carbonyl (C=O) groups is 2. The molecule has 0 radical (unpaired) electrons. The third kappa shape index (κ3) is 4.74. The molecule has 0 saturated carbocycles. The van der Waals surface area contributed by atoms with E-state index >= 15 is 0 Å². The number of urea groups is 1. The number of benzene rings is 3. The molecule has 4 rings (SSSR count). The summed E-state index contributed by atoms with van der Waals surface area (Å²) < 4.78 is 0. The lowest BCUT2D eigenvalue weighted by molar-refractivity contribution is -0.140. The van der Waals surface area contributed by atoms with Crippen molar-refractivity contribution in [2.45, 2.75) is 12.3 Å². The molecule has 3 amide bonds. The number of likely N-dealkylation sites (N-methyl/N-ethyl adjacent to an activating group) is 1. The van der Waals surface area contributed by atoms with Crippen molar-refractivity contribution in [3.05, 3.63) is 94.0 Å². The molecule has 3 aromatic carbocycles. The van der Waals surface area contributed by atoms with Gasteiger partial charge in [0.05, 0.1) is 21.4 Å². The molecule has 9 heteroatoms. The minimum Gasteiger partial charge on any atom is -0.359 e. The number of nitrogens with zero attached hydrogens (tertiary/aromatic N) is 2. The van der Waals surface area contributed by atoms with Crippen molar-refractivity contribution in [1.29, 1.82) is 0 Å². The summed E-state index contributed by atoms with van der Waals surface area (Å²) in [4.78, 5) is 29.5. The first-order chi connectivity index (χ1) is 16.3. The molecule has 0 fully saturated rings. The monoisotopic (exact) mass is 498 g/mol. The molecule has 0 saturated heterocycles. The number of halogens is 2. The summed E-state index contributed by atoms with van der Waals surface area (Å²) in [6, 6.07) is 20.4. The van der Waals surface area contributed by atoms with Gasteiger partial charge in [0, 0.05) is 25.2 Å². The van der Waals surface area contributed by atoms with Gasteiger partial charge >= 0.3 is 6.03 Å². The van der Waals surface area contributed by atoms with Crippen molar-refractivity contribution in [1.82, 2.24) is 10.2 Å². The van der Waals surface area contributed by atoms with Crippen molar-refractivity contribution in [3.8, 4) is 0 Å². The van der Waals surface area contributed by atoms with E-state index in [0.717, 1.165) is 10.5 Å². The first-order valence-corrected chi connectivity index (χ1v) is 11.4. The Morgan fingerprint density at radius 1 is 1.06 bits per heavy atom. The maximum Gasteiger partial charge on any atom is 0.329 e. The number of rotatable bonds is 7. The molecular weight excluding hydrogens is 475 g/mol. The van der Waals surface area contributed by atoms with Gasteiger partial charge in [-0.3, -0.25) is 9.69 Å². The van der Waals surface area contributed by atoms with Crippen LogP contribution in [0.4, 0.5) is 16.2 Å². The molecule has 34 heavy (non-hydrogen) atoms. The summed E-state index contributed by atoms with van der Waals surface area (Å²) in [6.07, 6.45) is 0. The molecule has 1 atom stereocenters. The van der Waals surface area contributed by atoms with Crippen LogP contribution < -0.4 is 15.5 Å². The smallest absolute Gasteiger partial charge is 0.329 e. The van der Waals surface area contributed by atoms with Crippen LogP contribution in [-0.4, -0.2) is 42.1 Å². The third-order valence-corrected chi connectivity index (χ3v) is 6.36. The lowest BCUT2D eigenvalue weighted by Gasteiger charge is -2.42. The zero-order valence-corrected chi connectivity index (χ0v) is 20.0. The third-order valence-electron chi connectivity index (χ3n) is 5.62. The van der Waals surface area contributed by atoms with Gasteiger partial charge in [0.25, 0.3) is 11.6 Å². The summed E-state index contributed by atoms with van der Waals surface area (Å²) in [5, 5.41) is 17.8.